The number of methoxy groups -OCH3 is 1. The molecular weight excluding hydrogens is 126 g/mol. The van der Waals surface area contributed by atoms with E-state index in [1.165, 1.54) is 0 Å². The van der Waals surface area contributed by atoms with Crippen molar-refractivity contribution >= 4 is 0 Å². The fourth-order valence-corrected chi connectivity index (χ4v) is 0.484. The minimum absolute atomic E-state index is 0.521. The monoisotopic (exact) mass is 141 g/mol. The molecule has 0 aliphatic carbocycles. The molecule has 0 rings (SSSR count). The highest BCUT2D eigenvalue weighted by atomic mass is 16.5. The summed E-state index contributed by atoms with van der Waals surface area (Å²) >= 11 is 0. The Kier molecular flexibility index (Phi) is 5.88. The van der Waals surface area contributed by atoms with E-state index in [1.807, 2.05) is 12.2 Å². The molecule has 0 saturated heterocycles. The van der Waals surface area contributed by atoms with E-state index < -0.39 is 0 Å². The van der Waals surface area contributed by atoms with Gasteiger partial charge in [0.1, 0.15) is 6.73 Å². The zero-order chi connectivity index (χ0) is 7.82. The summed E-state index contributed by atoms with van der Waals surface area (Å²) in [6.45, 7) is 6.36. The van der Waals surface area contributed by atoms with Gasteiger partial charge in [0, 0.05) is 12.8 Å². The molecule has 0 aromatic heterocycles. The Bertz CT molecular complexity index is 118. The highest BCUT2D eigenvalue weighted by Crippen LogP contribution is 1.88. The summed E-state index contributed by atoms with van der Waals surface area (Å²) in [4.78, 5) is 0. The van der Waals surface area contributed by atoms with E-state index in [2.05, 4.69) is 18.8 Å². The summed E-state index contributed by atoms with van der Waals surface area (Å²) in [6.07, 6.45) is 5.03. The maximum absolute atomic E-state index is 4.79. The number of ether oxygens (including phenoxy) is 1. The third-order valence-electron chi connectivity index (χ3n) is 0.998. The van der Waals surface area contributed by atoms with Crippen molar-refractivity contribution in [1.82, 2.24) is 5.32 Å². The van der Waals surface area contributed by atoms with Gasteiger partial charge in [0.25, 0.3) is 0 Å². The van der Waals surface area contributed by atoms with Crippen LogP contribution in [0.5, 0.6) is 0 Å². The van der Waals surface area contributed by atoms with Crippen LogP contribution in [0, 0.1) is 0 Å². The van der Waals surface area contributed by atoms with Gasteiger partial charge in [0.15, 0.2) is 0 Å². The van der Waals surface area contributed by atoms with E-state index in [4.69, 9.17) is 4.74 Å². The molecule has 0 unspecified atom stereocenters. The molecule has 0 aromatic rings. The first-order valence-corrected chi connectivity index (χ1v) is 3.39. The molecule has 58 valence electrons. The Morgan fingerprint density at radius 2 is 2.40 bits per heavy atom. The van der Waals surface area contributed by atoms with Crippen molar-refractivity contribution in [2.24, 2.45) is 0 Å². The van der Waals surface area contributed by atoms with E-state index in [-0.39, 0.29) is 0 Å². The minimum Gasteiger partial charge on any atom is -0.365 e. The number of hydrogen-bond donors (Lipinski definition) is 1. The number of rotatable bonds is 5. The first-order valence-electron chi connectivity index (χ1n) is 3.39. The summed E-state index contributed by atoms with van der Waals surface area (Å²) in [7, 11) is 1.64. The van der Waals surface area contributed by atoms with Crippen LogP contribution in [0.2, 0.25) is 0 Å². The molecule has 2 nitrogen and oxygen atoms in total. The van der Waals surface area contributed by atoms with Gasteiger partial charge in [-0.2, -0.15) is 0 Å². The predicted octanol–water partition coefficient (Wildman–Crippen LogP) is 1.66. The first kappa shape index (κ1) is 9.24. The largest absolute Gasteiger partial charge is 0.365 e. The third-order valence-corrected chi connectivity index (χ3v) is 0.998. The second-order valence-corrected chi connectivity index (χ2v) is 1.95. The number of hydrogen-bond acceptors (Lipinski definition) is 2. The Morgan fingerprint density at radius 1 is 1.70 bits per heavy atom. The fraction of sp³-hybridized carbons (Fsp3) is 0.500. The Morgan fingerprint density at radius 3 is 2.90 bits per heavy atom. The summed E-state index contributed by atoms with van der Waals surface area (Å²) in [5.41, 5.74) is 0.892. The molecule has 0 amide bonds. The van der Waals surface area contributed by atoms with Crippen LogP contribution in [0.1, 0.15) is 13.3 Å². The maximum Gasteiger partial charge on any atom is 0.116 e. The van der Waals surface area contributed by atoms with Gasteiger partial charge in [-0.25, -0.2) is 0 Å². The molecule has 0 atom stereocenters. The molecule has 2 heteroatoms. The smallest absolute Gasteiger partial charge is 0.116 e. The molecule has 0 spiro atoms. The number of allylic oxidation sites excluding steroid dienone is 2. The van der Waals surface area contributed by atoms with Gasteiger partial charge in [-0.3, -0.25) is 0 Å². The first-order chi connectivity index (χ1) is 4.81. The molecule has 0 saturated carbocycles. The number of nitrogens with one attached hydrogen (secondary N) is 1. The van der Waals surface area contributed by atoms with Crippen molar-refractivity contribution in [1.29, 1.82) is 0 Å². The fourth-order valence-electron chi connectivity index (χ4n) is 0.484. The van der Waals surface area contributed by atoms with Gasteiger partial charge < -0.3 is 10.1 Å². The Hall–Kier alpha value is -0.760. The predicted molar refractivity (Wildman–Crippen MR) is 43.6 cm³/mol. The molecule has 0 aromatic carbocycles. The van der Waals surface area contributed by atoms with Crippen LogP contribution in [-0.4, -0.2) is 13.8 Å². The van der Waals surface area contributed by atoms with Crippen LogP contribution in [0.4, 0.5) is 0 Å². The summed E-state index contributed by atoms with van der Waals surface area (Å²) in [5, 5.41) is 2.96. The van der Waals surface area contributed by atoms with E-state index >= 15 is 0 Å². The molecular formula is C8H15NO. The second-order valence-electron chi connectivity index (χ2n) is 1.95. The van der Waals surface area contributed by atoms with E-state index in [9.17, 15) is 0 Å². The van der Waals surface area contributed by atoms with Crippen LogP contribution < -0.4 is 5.32 Å². The SMILES string of the molecule is C=C(/C=C\CC)NCOC. The Balaban J connectivity index is 3.34. The van der Waals surface area contributed by atoms with Crippen molar-refractivity contribution in [3.05, 3.63) is 24.4 Å². The second kappa shape index (κ2) is 6.36. The molecule has 0 aliphatic rings. The molecule has 0 heterocycles. The molecule has 1 N–H and O–H groups in total. The van der Waals surface area contributed by atoms with E-state index in [1.54, 1.807) is 7.11 Å². The van der Waals surface area contributed by atoms with Gasteiger partial charge in [0.2, 0.25) is 0 Å². The highest BCUT2D eigenvalue weighted by molar-refractivity contribution is 5.11. The summed E-state index contributed by atoms with van der Waals surface area (Å²) in [6, 6.07) is 0. The maximum atomic E-state index is 4.79. The molecule has 0 fully saturated rings. The van der Waals surface area contributed by atoms with Crippen molar-refractivity contribution < 1.29 is 4.74 Å². The zero-order valence-electron chi connectivity index (χ0n) is 6.68. The van der Waals surface area contributed by atoms with Gasteiger partial charge in [-0.1, -0.05) is 19.6 Å². The van der Waals surface area contributed by atoms with Crippen molar-refractivity contribution in [2.75, 3.05) is 13.8 Å². The van der Waals surface area contributed by atoms with Crippen LogP contribution in [-0.2, 0) is 4.74 Å². The van der Waals surface area contributed by atoms with Crippen LogP contribution in [0.25, 0.3) is 0 Å². The third kappa shape index (κ3) is 5.38. The van der Waals surface area contributed by atoms with Gasteiger partial charge >= 0.3 is 0 Å². The van der Waals surface area contributed by atoms with Crippen molar-refractivity contribution in [3.8, 4) is 0 Å². The highest BCUT2D eigenvalue weighted by Gasteiger charge is 1.81. The topological polar surface area (TPSA) is 21.3 Å². The molecule has 0 aliphatic heterocycles. The molecule has 10 heavy (non-hydrogen) atoms. The quantitative estimate of drug-likeness (QED) is 0.464. The lowest BCUT2D eigenvalue weighted by Gasteiger charge is -2.02. The summed E-state index contributed by atoms with van der Waals surface area (Å²) < 4.78 is 4.79. The average molecular weight is 141 g/mol. The average Bonchev–Trinajstić information content (AvgIpc) is 1.97. The van der Waals surface area contributed by atoms with Crippen LogP contribution in [0.3, 0.4) is 0 Å². The van der Waals surface area contributed by atoms with Gasteiger partial charge in [-0.15, -0.1) is 0 Å². The zero-order valence-corrected chi connectivity index (χ0v) is 6.68. The lowest BCUT2D eigenvalue weighted by molar-refractivity contribution is 0.185. The lowest BCUT2D eigenvalue weighted by Crippen LogP contribution is -2.13. The van der Waals surface area contributed by atoms with Gasteiger partial charge in [-0.05, 0) is 12.5 Å². The summed E-state index contributed by atoms with van der Waals surface area (Å²) in [5.74, 6) is 0. The Labute approximate surface area is 62.6 Å². The molecule has 0 bridgehead atoms. The van der Waals surface area contributed by atoms with Crippen LogP contribution >= 0.6 is 0 Å². The van der Waals surface area contributed by atoms with E-state index in [0.717, 1.165) is 12.1 Å². The minimum atomic E-state index is 0.521. The normalized spacial score (nSPS) is 10.2. The lowest BCUT2D eigenvalue weighted by atomic mass is 10.3. The standard InChI is InChI=1S/C8H15NO/c1-4-5-6-8(2)9-7-10-3/h5-6,9H,2,4,7H2,1,3H3/b6-5-. The van der Waals surface area contributed by atoms with E-state index in [0.29, 0.717) is 6.73 Å². The van der Waals surface area contributed by atoms with Crippen molar-refractivity contribution in [3.63, 3.8) is 0 Å². The van der Waals surface area contributed by atoms with Crippen LogP contribution in [0.15, 0.2) is 24.4 Å². The van der Waals surface area contributed by atoms with Gasteiger partial charge in [0.05, 0.1) is 0 Å². The van der Waals surface area contributed by atoms with Crippen molar-refractivity contribution in [2.45, 2.75) is 13.3 Å². The molecule has 0 radical (unpaired) electrons.